The summed E-state index contributed by atoms with van der Waals surface area (Å²) in [6.07, 6.45) is 3.25. The Morgan fingerprint density at radius 1 is 1.38 bits per heavy atom. The lowest BCUT2D eigenvalue weighted by atomic mass is 10.2. The van der Waals surface area contributed by atoms with Crippen LogP contribution in [-0.2, 0) is 9.59 Å². The lowest BCUT2D eigenvalue weighted by Crippen LogP contribution is -2.38. The van der Waals surface area contributed by atoms with Crippen molar-refractivity contribution < 1.29 is 14.7 Å². The summed E-state index contributed by atoms with van der Waals surface area (Å²) < 4.78 is 0. The van der Waals surface area contributed by atoms with Gasteiger partial charge in [-0.1, -0.05) is 13.8 Å². The van der Waals surface area contributed by atoms with E-state index < -0.39 is 5.97 Å². The van der Waals surface area contributed by atoms with Crippen LogP contribution < -0.4 is 0 Å². The number of amides is 1. The predicted molar refractivity (Wildman–Crippen MR) is 66.7 cm³/mol. The van der Waals surface area contributed by atoms with Crippen molar-refractivity contribution in [3.8, 4) is 0 Å². The number of carboxylic acids is 1. The maximum atomic E-state index is 11.7. The van der Waals surface area contributed by atoms with E-state index in [-0.39, 0.29) is 12.5 Å². The lowest BCUT2D eigenvalue weighted by Gasteiger charge is -2.22. The molecule has 16 heavy (non-hydrogen) atoms. The Morgan fingerprint density at radius 3 is 2.44 bits per heavy atom. The van der Waals surface area contributed by atoms with Crippen LogP contribution in [0.25, 0.3) is 0 Å². The Morgan fingerprint density at radius 2 is 2.00 bits per heavy atom. The number of carbonyl (C=O) groups is 2. The first-order valence-corrected chi connectivity index (χ1v) is 6.85. The quantitative estimate of drug-likeness (QED) is 0.663. The van der Waals surface area contributed by atoms with Gasteiger partial charge in [-0.3, -0.25) is 9.59 Å². The minimum absolute atomic E-state index is 0.0508. The van der Waals surface area contributed by atoms with E-state index in [0.29, 0.717) is 18.9 Å². The summed E-state index contributed by atoms with van der Waals surface area (Å²) in [7, 11) is 0. The van der Waals surface area contributed by atoms with Crippen molar-refractivity contribution >= 4 is 23.6 Å². The van der Waals surface area contributed by atoms with Crippen LogP contribution in [0, 0.1) is 5.92 Å². The number of hydrogen-bond acceptors (Lipinski definition) is 3. The second-order valence-electron chi connectivity index (χ2n) is 4.16. The van der Waals surface area contributed by atoms with Gasteiger partial charge in [0.15, 0.2) is 0 Å². The van der Waals surface area contributed by atoms with E-state index in [1.165, 1.54) is 4.90 Å². The lowest BCUT2D eigenvalue weighted by molar-refractivity contribution is -0.144. The number of nitrogens with zero attached hydrogens (tertiary/aromatic N) is 1. The van der Waals surface area contributed by atoms with Crippen LogP contribution in [0.2, 0.25) is 0 Å². The van der Waals surface area contributed by atoms with Gasteiger partial charge in [0.2, 0.25) is 5.91 Å². The second-order valence-corrected chi connectivity index (χ2v) is 5.14. The molecule has 0 aromatic carbocycles. The summed E-state index contributed by atoms with van der Waals surface area (Å²) in [5.41, 5.74) is 0. The zero-order valence-corrected chi connectivity index (χ0v) is 11.0. The predicted octanol–water partition coefficient (Wildman–Crippen LogP) is 1.70. The highest BCUT2D eigenvalue weighted by atomic mass is 32.2. The molecule has 0 atom stereocenters. The fourth-order valence-electron chi connectivity index (χ4n) is 1.38. The van der Waals surface area contributed by atoms with E-state index in [2.05, 4.69) is 0 Å². The molecule has 0 spiro atoms. The van der Waals surface area contributed by atoms with Crippen molar-refractivity contribution in [1.29, 1.82) is 0 Å². The van der Waals surface area contributed by atoms with Gasteiger partial charge in [0.05, 0.1) is 0 Å². The molecule has 0 unspecified atom stereocenters. The third-order valence-electron chi connectivity index (χ3n) is 2.00. The molecule has 94 valence electrons. The molecule has 0 aliphatic heterocycles. The molecule has 0 aromatic rings. The third-order valence-corrected chi connectivity index (χ3v) is 2.70. The number of aliphatic carboxylic acids is 1. The number of rotatable bonds is 8. The van der Waals surface area contributed by atoms with Gasteiger partial charge < -0.3 is 10.0 Å². The molecule has 0 heterocycles. The molecule has 5 heteroatoms. The molecule has 4 nitrogen and oxygen atoms in total. The highest BCUT2D eigenvalue weighted by Gasteiger charge is 2.17. The number of carbonyl (C=O) groups excluding carboxylic acids is 1. The average molecular weight is 247 g/mol. The molecule has 1 amide bonds. The van der Waals surface area contributed by atoms with Crippen LogP contribution >= 0.6 is 11.8 Å². The average Bonchev–Trinajstić information content (AvgIpc) is 2.15. The van der Waals surface area contributed by atoms with Gasteiger partial charge in [-0.05, 0) is 24.3 Å². The van der Waals surface area contributed by atoms with Crippen molar-refractivity contribution in [2.24, 2.45) is 5.92 Å². The van der Waals surface area contributed by atoms with Crippen molar-refractivity contribution in [2.45, 2.75) is 26.7 Å². The van der Waals surface area contributed by atoms with E-state index in [9.17, 15) is 9.59 Å². The fourth-order valence-corrected chi connectivity index (χ4v) is 1.82. The van der Waals surface area contributed by atoms with E-state index in [0.717, 1.165) is 12.2 Å². The van der Waals surface area contributed by atoms with Crippen LogP contribution in [-0.4, -0.2) is 47.0 Å². The van der Waals surface area contributed by atoms with Gasteiger partial charge in [-0.2, -0.15) is 11.8 Å². The first-order chi connectivity index (χ1) is 7.47. The smallest absolute Gasteiger partial charge is 0.323 e. The summed E-state index contributed by atoms with van der Waals surface area (Å²) >= 11 is 1.70. The van der Waals surface area contributed by atoms with E-state index in [1.54, 1.807) is 11.8 Å². The van der Waals surface area contributed by atoms with Gasteiger partial charge in [-0.15, -0.1) is 0 Å². The summed E-state index contributed by atoms with van der Waals surface area (Å²) in [5, 5.41) is 8.72. The monoisotopic (exact) mass is 247 g/mol. The fraction of sp³-hybridized carbons (Fsp3) is 0.818. The van der Waals surface area contributed by atoms with Crippen molar-refractivity contribution in [3.63, 3.8) is 0 Å². The highest BCUT2D eigenvalue weighted by Crippen LogP contribution is 2.05. The molecule has 0 saturated heterocycles. The number of hydrogen-bond donors (Lipinski definition) is 1. The maximum absolute atomic E-state index is 11.7. The molecular weight excluding hydrogens is 226 g/mol. The third kappa shape index (κ3) is 7.56. The molecule has 0 aliphatic carbocycles. The zero-order valence-electron chi connectivity index (χ0n) is 10.2. The van der Waals surface area contributed by atoms with Crippen LogP contribution in [0.5, 0.6) is 0 Å². The molecule has 0 aromatic heterocycles. The molecule has 0 aliphatic rings. The Kier molecular flexibility index (Phi) is 8.07. The molecule has 0 rings (SSSR count). The minimum atomic E-state index is -0.945. The maximum Gasteiger partial charge on any atom is 0.323 e. The Bertz CT molecular complexity index is 231. The van der Waals surface area contributed by atoms with Crippen molar-refractivity contribution in [3.05, 3.63) is 0 Å². The molecule has 1 N–H and O–H groups in total. The molecule has 0 bridgehead atoms. The SMILES string of the molecule is CSCCCC(=O)N(CC(=O)O)CC(C)C. The zero-order chi connectivity index (χ0) is 12.6. The standard InChI is InChI=1S/C11H21NO3S/c1-9(2)7-12(8-11(14)15)10(13)5-4-6-16-3/h9H,4-8H2,1-3H3,(H,14,15). The summed E-state index contributed by atoms with van der Waals surface area (Å²) in [6, 6.07) is 0. The molecule has 0 radical (unpaired) electrons. The van der Waals surface area contributed by atoms with E-state index in [1.807, 2.05) is 20.1 Å². The molecular formula is C11H21NO3S. The Labute approximate surface area is 101 Å². The van der Waals surface area contributed by atoms with Crippen LogP contribution in [0.3, 0.4) is 0 Å². The minimum Gasteiger partial charge on any atom is -0.480 e. The largest absolute Gasteiger partial charge is 0.480 e. The molecule has 0 saturated carbocycles. The normalized spacial score (nSPS) is 10.5. The Hall–Kier alpha value is -0.710. The van der Waals surface area contributed by atoms with Gasteiger partial charge in [-0.25, -0.2) is 0 Å². The van der Waals surface area contributed by atoms with Crippen LogP contribution in [0.1, 0.15) is 26.7 Å². The van der Waals surface area contributed by atoms with Gasteiger partial charge >= 0.3 is 5.97 Å². The van der Waals surface area contributed by atoms with Gasteiger partial charge in [0.25, 0.3) is 0 Å². The highest BCUT2D eigenvalue weighted by molar-refractivity contribution is 7.98. The van der Waals surface area contributed by atoms with Crippen LogP contribution in [0.15, 0.2) is 0 Å². The van der Waals surface area contributed by atoms with Crippen molar-refractivity contribution in [2.75, 3.05) is 25.1 Å². The topological polar surface area (TPSA) is 57.6 Å². The first-order valence-electron chi connectivity index (χ1n) is 5.45. The van der Waals surface area contributed by atoms with Crippen molar-refractivity contribution in [1.82, 2.24) is 4.90 Å². The second kappa shape index (κ2) is 8.44. The van der Waals surface area contributed by atoms with Gasteiger partial charge in [0, 0.05) is 13.0 Å². The van der Waals surface area contributed by atoms with Crippen LogP contribution in [0.4, 0.5) is 0 Å². The van der Waals surface area contributed by atoms with E-state index in [4.69, 9.17) is 5.11 Å². The summed E-state index contributed by atoms with van der Waals surface area (Å²) in [4.78, 5) is 23.8. The van der Waals surface area contributed by atoms with E-state index >= 15 is 0 Å². The number of thioether (sulfide) groups is 1. The molecule has 0 fully saturated rings. The first kappa shape index (κ1) is 15.3. The summed E-state index contributed by atoms with van der Waals surface area (Å²) in [5.74, 6) is 0.238. The Balaban J connectivity index is 4.15. The number of carboxylic acid groups (broad SMARTS) is 1. The van der Waals surface area contributed by atoms with Gasteiger partial charge in [0.1, 0.15) is 6.54 Å². The summed E-state index contributed by atoms with van der Waals surface area (Å²) in [6.45, 7) is 4.29.